The SMILES string of the molecule is C=C(CCOCCOCCCC)C(=O)[O-]. The molecule has 4 heteroatoms. The first-order valence-corrected chi connectivity index (χ1v) is 5.23. The van der Waals surface area contributed by atoms with Crippen molar-refractivity contribution in [3.8, 4) is 0 Å². The zero-order chi connectivity index (χ0) is 11.5. The van der Waals surface area contributed by atoms with E-state index in [0.29, 0.717) is 26.2 Å². The van der Waals surface area contributed by atoms with Gasteiger partial charge in [0.15, 0.2) is 0 Å². The number of ether oxygens (including phenoxy) is 2. The number of carbonyl (C=O) groups is 1. The highest BCUT2D eigenvalue weighted by molar-refractivity contribution is 5.83. The van der Waals surface area contributed by atoms with Crippen molar-refractivity contribution in [3.05, 3.63) is 12.2 Å². The Morgan fingerprint density at radius 2 is 1.80 bits per heavy atom. The first kappa shape index (κ1) is 14.1. The molecule has 0 atom stereocenters. The molecule has 88 valence electrons. The van der Waals surface area contributed by atoms with Gasteiger partial charge in [-0.3, -0.25) is 0 Å². The van der Waals surface area contributed by atoms with Crippen LogP contribution in [0.2, 0.25) is 0 Å². The fourth-order valence-corrected chi connectivity index (χ4v) is 0.866. The molecule has 0 bridgehead atoms. The van der Waals surface area contributed by atoms with Crippen LogP contribution in [0.4, 0.5) is 0 Å². The van der Waals surface area contributed by atoms with Crippen LogP contribution >= 0.6 is 0 Å². The molecule has 0 aromatic carbocycles. The topological polar surface area (TPSA) is 58.6 Å². The number of hydrogen-bond acceptors (Lipinski definition) is 4. The Balaban J connectivity index is 3.11. The average Bonchev–Trinajstić information content (AvgIpc) is 2.21. The highest BCUT2D eigenvalue weighted by Crippen LogP contribution is 1.96. The van der Waals surface area contributed by atoms with Crippen LogP contribution in [0.25, 0.3) is 0 Å². The number of carbonyl (C=O) groups excluding carboxylic acids is 1. The molecule has 4 nitrogen and oxygen atoms in total. The fraction of sp³-hybridized carbons (Fsp3) is 0.727. The maximum absolute atomic E-state index is 10.2. The summed E-state index contributed by atoms with van der Waals surface area (Å²) in [5, 5.41) is 10.2. The summed E-state index contributed by atoms with van der Waals surface area (Å²) in [7, 11) is 0. The van der Waals surface area contributed by atoms with Crippen molar-refractivity contribution in [2.45, 2.75) is 26.2 Å². The molecule has 15 heavy (non-hydrogen) atoms. The van der Waals surface area contributed by atoms with Gasteiger partial charge in [-0.05, 0) is 18.4 Å². The molecule has 0 rings (SSSR count). The van der Waals surface area contributed by atoms with Gasteiger partial charge in [-0.2, -0.15) is 0 Å². The van der Waals surface area contributed by atoms with Crippen molar-refractivity contribution in [1.82, 2.24) is 0 Å². The molecule has 0 aliphatic carbocycles. The smallest absolute Gasteiger partial charge is 0.0700 e. The minimum Gasteiger partial charge on any atom is -0.545 e. The summed E-state index contributed by atoms with van der Waals surface area (Å²) < 4.78 is 10.4. The number of aliphatic carboxylic acids is 1. The van der Waals surface area contributed by atoms with E-state index in [1.54, 1.807) is 0 Å². The highest BCUT2D eigenvalue weighted by Gasteiger charge is 1.95. The predicted molar refractivity (Wildman–Crippen MR) is 55.3 cm³/mol. The second kappa shape index (κ2) is 9.68. The lowest BCUT2D eigenvalue weighted by Crippen LogP contribution is -2.24. The van der Waals surface area contributed by atoms with Gasteiger partial charge in [-0.1, -0.05) is 19.9 Å². The lowest BCUT2D eigenvalue weighted by Gasteiger charge is -2.07. The third kappa shape index (κ3) is 9.43. The Labute approximate surface area is 90.9 Å². The molecule has 0 aromatic heterocycles. The van der Waals surface area contributed by atoms with Crippen LogP contribution < -0.4 is 5.11 Å². The Bertz CT molecular complexity index is 189. The van der Waals surface area contributed by atoms with Crippen LogP contribution in [-0.2, 0) is 14.3 Å². The maximum Gasteiger partial charge on any atom is 0.0700 e. The second-order valence-corrected chi connectivity index (χ2v) is 3.22. The normalized spacial score (nSPS) is 10.2. The minimum atomic E-state index is -1.21. The van der Waals surface area contributed by atoms with Crippen LogP contribution in [0, 0.1) is 0 Å². The van der Waals surface area contributed by atoms with E-state index >= 15 is 0 Å². The second-order valence-electron chi connectivity index (χ2n) is 3.22. The molecule has 0 heterocycles. The van der Waals surface area contributed by atoms with E-state index in [-0.39, 0.29) is 5.57 Å². The van der Waals surface area contributed by atoms with Gasteiger partial charge in [0.1, 0.15) is 0 Å². The Hall–Kier alpha value is -0.870. The molecule has 0 saturated carbocycles. The third-order valence-electron chi connectivity index (χ3n) is 1.85. The number of carboxylic acids is 1. The molecular formula is C11H19O4-. The van der Waals surface area contributed by atoms with E-state index in [1.165, 1.54) is 0 Å². The summed E-state index contributed by atoms with van der Waals surface area (Å²) in [6.45, 7) is 7.59. The standard InChI is InChI=1S/C11H20O4/c1-3-4-6-14-8-9-15-7-5-10(2)11(12)13/h2-9H2,1H3,(H,12,13)/p-1. The summed E-state index contributed by atoms with van der Waals surface area (Å²) in [4.78, 5) is 10.2. The highest BCUT2D eigenvalue weighted by atomic mass is 16.5. The summed E-state index contributed by atoms with van der Waals surface area (Å²) in [6.07, 6.45) is 2.48. The molecule has 0 amide bonds. The molecule has 0 aliphatic heterocycles. The average molecular weight is 215 g/mol. The van der Waals surface area contributed by atoms with E-state index in [2.05, 4.69) is 13.5 Å². The van der Waals surface area contributed by atoms with Gasteiger partial charge >= 0.3 is 0 Å². The van der Waals surface area contributed by atoms with E-state index in [4.69, 9.17) is 9.47 Å². The van der Waals surface area contributed by atoms with Crippen molar-refractivity contribution in [2.24, 2.45) is 0 Å². The Kier molecular flexibility index (Phi) is 9.11. The van der Waals surface area contributed by atoms with Crippen LogP contribution in [0.3, 0.4) is 0 Å². The van der Waals surface area contributed by atoms with Crippen molar-refractivity contribution in [1.29, 1.82) is 0 Å². The monoisotopic (exact) mass is 215 g/mol. The summed E-state index contributed by atoms with van der Waals surface area (Å²) in [5.41, 5.74) is 0.0712. The predicted octanol–water partition coefficient (Wildman–Crippen LogP) is 0.516. The zero-order valence-electron chi connectivity index (χ0n) is 9.29. The summed E-state index contributed by atoms with van der Waals surface area (Å²) in [6, 6.07) is 0. The van der Waals surface area contributed by atoms with E-state index < -0.39 is 5.97 Å². The van der Waals surface area contributed by atoms with Crippen LogP contribution in [-0.4, -0.2) is 32.4 Å². The first-order valence-electron chi connectivity index (χ1n) is 5.23. The molecule has 0 spiro atoms. The number of hydrogen-bond donors (Lipinski definition) is 0. The number of rotatable bonds is 10. The largest absolute Gasteiger partial charge is 0.545 e. The van der Waals surface area contributed by atoms with E-state index in [9.17, 15) is 9.90 Å². The molecule has 0 aromatic rings. The first-order chi connectivity index (χ1) is 7.18. The quantitative estimate of drug-likeness (QED) is 0.393. The van der Waals surface area contributed by atoms with Gasteiger partial charge in [0.05, 0.1) is 25.8 Å². The van der Waals surface area contributed by atoms with Crippen molar-refractivity contribution >= 4 is 5.97 Å². The lowest BCUT2D eigenvalue weighted by molar-refractivity contribution is -0.299. The minimum absolute atomic E-state index is 0.0712. The van der Waals surface area contributed by atoms with Gasteiger partial charge in [-0.15, -0.1) is 0 Å². The van der Waals surface area contributed by atoms with Crippen molar-refractivity contribution in [2.75, 3.05) is 26.4 Å². The molecular weight excluding hydrogens is 196 g/mol. The van der Waals surface area contributed by atoms with Crippen LogP contribution in [0.1, 0.15) is 26.2 Å². The van der Waals surface area contributed by atoms with Gasteiger partial charge in [0.25, 0.3) is 0 Å². The van der Waals surface area contributed by atoms with Crippen LogP contribution in [0.15, 0.2) is 12.2 Å². The molecule has 0 radical (unpaired) electrons. The third-order valence-corrected chi connectivity index (χ3v) is 1.85. The Morgan fingerprint density at radius 1 is 1.20 bits per heavy atom. The van der Waals surface area contributed by atoms with E-state index in [1.807, 2.05) is 0 Å². The zero-order valence-corrected chi connectivity index (χ0v) is 9.29. The molecule has 0 saturated heterocycles. The maximum atomic E-state index is 10.2. The van der Waals surface area contributed by atoms with E-state index in [0.717, 1.165) is 19.4 Å². The van der Waals surface area contributed by atoms with Crippen molar-refractivity contribution in [3.63, 3.8) is 0 Å². The van der Waals surface area contributed by atoms with Crippen LogP contribution in [0.5, 0.6) is 0 Å². The number of unbranched alkanes of at least 4 members (excludes halogenated alkanes) is 1. The molecule has 0 N–H and O–H groups in total. The molecule has 0 fully saturated rings. The fourth-order valence-electron chi connectivity index (χ4n) is 0.866. The van der Waals surface area contributed by atoms with Crippen molar-refractivity contribution < 1.29 is 19.4 Å². The summed E-state index contributed by atoms with van der Waals surface area (Å²) in [5.74, 6) is -1.21. The van der Waals surface area contributed by atoms with Gasteiger partial charge in [0.2, 0.25) is 0 Å². The Morgan fingerprint density at radius 3 is 2.33 bits per heavy atom. The number of carboxylic acid groups (broad SMARTS) is 1. The van der Waals surface area contributed by atoms with Gasteiger partial charge in [0, 0.05) is 6.61 Å². The molecule has 0 aliphatic rings. The lowest BCUT2D eigenvalue weighted by atomic mass is 10.2. The van der Waals surface area contributed by atoms with Gasteiger partial charge < -0.3 is 19.4 Å². The molecule has 0 unspecified atom stereocenters. The summed E-state index contributed by atoms with van der Waals surface area (Å²) >= 11 is 0. The van der Waals surface area contributed by atoms with Gasteiger partial charge in [-0.25, -0.2) is 0 Å².